The molecule has 0 bridgehead atoms. The third-order valence-corrected chi connectivity index (χ3v) is 15.4. The Morgan fingerprint density at radius 1 is 0.275 bits per heavy atom. The lowest BCUT2D eigenvalue weighted by molar-refractivity contribution is 0.660. The normalized spacial score (nSPS) is 13.7. The van der Waals surface area contributed by atoms with Gasteiger partial charge < -0.3 is 4.90 Å². The second kappa shape index (κ2) is 15.7. The molecule has 0 saturated heterocycles. The monoisotopic (exact) mass is 881 g/mol. The number of hydrogen-bond donors (Lipinski definition) is 0. The first kappa shape index (κ1) is 41.0. The number of para-hydroxylation sites is 1. The molecule has 0 amide bonds. The standard InChI is InChI=1S/C68H51N/c1-67(2)60-36-16-13-31-58(60)65-56(33-20-37-61(65)67)53-28-14-17-38-62(53)69(48-24-18-23-46(43-48)49-32-19-34-57-52-27-12-15-35-59(52)68(3,4)66(49)57)47-41-39-45(40-42-47)64-55-30-11-9-26-51(55)50-25-8-10-29-54(50)63(64)44-21-6-5-7-22-44/h5-43H,1-4H3. The highest BCUT2D eigenvalue weighted by Gasteiger charge is 2.39. The summed E-state index contributed by atoms with van der Waals surface area (Å²) in [7, 11) is 0. The van der Waals surface area contributed by atoms with Crippen LogP contribution < -0.4 is 4.90 Å². The van der Waals surface area contributed by atoms with Crippen molar-refractivity contribution >= 4 is 38.6 Å². The van der Waals surface area contributed by atoms with Crippen LogP contribution in [-0.4, -0.2) is 0 Å². The van der Waals surface area contributed by atoms with E-state index in [0.717, 1.165) is 17.1 Å². The van der Waals surface area contributed by atoms with Crippen LogP contribution in [0, 0.1) is 0 Å². The molecule has 13 rings (SSSR count). The zero-order valence-corrected chi connectivity index (χ0v) is 39.5. The fourth-order valence-corrected chi connectivity index (χ4v) is 12.3. The molecule has 2 aliphatic rings. The van der Waals surface area contributed by atoms with Gasteiger partial charge in [-0.2, -0.15) is 0 Å². The van der Waals surface area contributed by atoms with Crippen molar-refractivity contribution in [2.75, 3.05) is 4.90 Å². The molecule has 11 aromatic rings. The topological polar surface area (TPSA) is 3.24 Å². The van der Waals surface area contributed by atoms with Gasteiger partial charge in [0.2, 0.25) is 0 Å². The van der Waals surface area contributed by atoms with Gasteiger partial charge in [0.1, 0.15) is 0 Å². The lowest BCUT2D eigenvalue weighted by Gasteiger charge is -2.30. The minimum atomic E-state index is -0.149. The van der Waals surface area contributed by atoms with Gasteiger partial charge in [-0.05, 0) is 135 Å². The number of benzene rings is 11. The van der Waals surface area contributed by atoms with Crippen LogP contribution in [0.1, 0.15) is 49.9 Å². The molecule has 0 radical (unpaired) electrons. The van der Waals surface area contributed by atoms with Crippen molar-refractivity contribution in [1.29, 1.82) is 0 Å². The van der Waals surface area contributed by atoms with Crippen molar-refractivity contribution in [3.63, 3.8) is 0 Å². The van der Waals surface area contributed by atoms with Gasteiger partial charge in [-0.3, -0.25) is 0 Å². The zero-order valence-electron chi connectivity index (χ0n) is 39.5. The van der Waals surface area contributed by atoms with Gasteiger partial charge in [0.25, 0.3) is 0 Å². The Labute approximate surface area is 405 Å². The van der Waals surface area contributed by atoms with E-state index < -0.39 is 0 Å². The van der Waals surface area contributed by atoms with E-state index >= 15 is 0 Å². The molecular formula is C68H51N. The largest absolute Gasteiger partial charge is 0.310 e. The lowest BCUT2D eigenvalue weighted by Crippen LogP contribution is -2.16. The molecule has 0 fully saturated rings. The molecule has 328 valence electrons. The average Bonchev–Trinajstić information content (AvgIpc) is 3.79. The summed E-state index contributed by atoms with van der Waals surface area (Å²) in [6, 6.07) is 88.1. The summed E-state index contributed by atoms with van der Waals surface area (Å²) in [5, 5.41) is 5.04. The van der Waals surface area contributed by atoms with E-state index in [4.69, 9.17) is 0 Å². The minimum absolute atomic E-state index is 0.115. The maximum Gasteiger partial charge on any atom is 0.0540 e. The van der Waals surface area contributed by atoms with Gasteiger partial charge in [-0.25, -0.2) is 0 Å². The first-order valence-corrected chi connectivity index (χ1v) is 24.3. The maximum atomic E-state index is 2.49. The number of hydrogen-bond acceptors (Lipinski definition) is 1. The van der Waals surface area contributed by atoms with E-state index in [9.17, 15) is 0 Å². The average molecular weight is 882 g/mol. The Kier molecular flexibility index (Phi) is 9.30. The molecule has 0 aliphatic heterocycles. The minimum Gasteiger partial charge on any atom is -0.310 e. The van der Waals surface area contributed by atoms with Crippen LogP contribution in [0.15, 0.2) is 237 Å². The fraction of sp³-hybridized carbons (Fsp3) is 0.0882. The number of fused-ring (bicyclic) bond motifs is 9. The highest BCUT2D eigenvalue weighted by Crippen LogP contribution is 2.55. The van der Waals surface area contributed by atoms with Crippen LogP contribution in [0.25, 0.3) is 88.3 Å². The highest BCUT2D eigenvalue weighted by molar-refractivity contribution is 6.21. The molecule has 0 spiro atoms. The Bertz CT molecular complexity index is 3830. The van der Waals surface area contributed by atoms with Crippen LogP contribution in [0.3, 0.4) is 0 Å². The van der Waals surface area contributed by atoms with Gasteiger partial charge >= 0.3 is 0 Å². The molecule has 1 heteroatoms. The van der Waals surface area contributed by atoms with Crippen molar-refractivity contribution in [1.82, 2.24) is 0 Å². The van der Waals surface area contributed by atoms with Gasteiger partial charge in [0.05, 0.1) is 5.69 Å². The summed E-state index contributed by atoms with van der Waals surface area (Å²) in [5.41, 5.74) is 23.7. The summed E-state index contributed by atoms with van der Waals surface area (Å²) in [5.74, 6) is 0. The number of anilines is 3. The molecule has 1 nitrogen and oxygen atoms in total. The van der Waals surface area contributed by atoms with E-state index in [-0.39, 0.29) is 10.8 Å². The lowest BCUT2D eigenvalue weighted by atomic mass is 9.79. The van der Waals surface area contributed by atoms with Crippen LogP contribution >= 0.6 is 0 Å². The predicted molar refractivity (Wildman–Crippen MR) is 293 cm³/mol. The Hall–Kier alpha value is -8.26. The van der Waals surface area contributed by atoms with E-state index in [1.165, 1.54) is 111 Å². The van der Waals surface area contributed by atoms with Crippen molar-refractivity contribution < 1.29 is 0 Å². The zero-order chi connectivity index (χ0) is 46.4. The van der Waals surface area contributed by atoms with E-state index in [1.807, 2.05) is 0 Å². The summed E-state index contributed by atoms with van der Waals surface area (Å²) in [6.45, 7) is 9.51. The fourth-order valence-electron chi connectivity index (χ4n) is 12.3. The first-order chi connectivity index (χ1) is 33.8. The van der Waals surface area contributed by atoms with E-state index in [2.05, 4.69) is 269 Å². The Balaban J connectivity index is 1.03. The van der Waals surface area contributed by atoms with Crippen molar-refractivity contribution in [3.8, 4) is 66.8 Å². The molecule has 0 aromatic heterocycles. The quantitative estimate of drug-likeness (QED) is 0.144. The third-order valence-electron chi connectivity index (χ3n) is 15.4. The molecule has 11 aromatic carbocycles. The van der Waals surface area contributed by atoms with Crippen LogP contribution in [0.2, 0.25) is 0 Å². The smallest absolute Gasteiger partial charge is 0.0540 e. The molecule has 0 N–H and O–H groups in total. The Morgan fingerprint density at radius 3 is 1.46 bits per heavy atom. The summed E-state index contributed by atoms with van der Waals surface area (Å²) in [6.07, 6.45) is 0. The second-order valence-electron chi connectivity index (χ2n) is 20.0. The Morgan fingerprint density at radius 2 is 0.754 bits per heavy atom. The van der Waals surface area contributed by atoms with E-state index in [0.29, 0.717) is 0 Å². The van der Waals surface area contributed by atoms with Crippen molar-refractivity contribution in [2.45, 2.75) is 38.5 Å². The second-order valence-corrected chi connectivity index (χ2v) is 20.0. The molecular weight excluding hydrogens is 831 g/mol. The van der Waals surface area contributed by atoms with Crippen LogP contribution in [-0.2, 0) is 10.8 Å². The van der Waals surface area contributed by atoms with Crippen LogP contribution in [0.4, 0.5) is 17.1 Å². The molecule has 0 unspecified atom stereocenters. The van der Waals surface area contributed by atoms with Crippen molar-refractivity contribution in [2.24, 2.45) is 0 Å². The summed E-state index contributed by atoms with van der Waals surface area (Å²) < 4.78 is 0. The molecule has 0 atom stereocenters. The number of nitrogens with zero attached hydrogens (tertiary/aromatic N) is 1. The maximum absolute atomic E-state index is 2.49. The molecule has 69 heavy (non-hydrogen) atoms. The summed E-state index contributed by atoms with van der Waals surface area (Å²) in [4.78, 5) is 2.49. The summed E-state index contributed by atoms with van der Waals surface area (Å²) >= 11 is 0. The first-order valence-electron chi connectivity index (χ1n) is 24.3. The molecule has 0 saturated carbocycles. The van der Waals surface area contributed by atoms with Gasteiger partial charge in [0.15, 0.2) is 0 Å². The van der Waals surface area contributed by atoms with Gasteiger partial charge in [-0.1, -0.05) is 234 Å². The van der Waals surface area contributed by atoms with Crippen LogP contribution in [0.5, 0.6) is 0 Å². The van der Waals surface area contributed by atoms with Gasteiger partial charge in [-0.15, -0.1) is 0 Å². The third kappa shape index (κ3) is 6.23. The molecule has 2 aliphatic carbocycles. The predicted octanol–water partition coefficient (Wildman–Crippen LogP) is 18.7. The molecule has 0 heterocycles. The van der Waals surface area contributed by atoms with Crippen molar-refractivity contribution in [3.05, 3.63) is 259 Å². The van der Waals surface area contributed by atoms with E-state index in [1.54, 1.807) is 0 Å². The SMILES string of the molecule is CC1(C)c2ccccc2-c2c(-c3ccccc3N(c3ccc(-c4c(-c5ccccc5)c5ccccc5c5ccccc45)cc3)c3cccc(-c4cccc5c4C(C)(C)c4ccccc4-5)c3)cccc21. The van der Waals surface area contributed by atoms with Gasteiger partial charge in [0, 0.05) is 27.8 Å². The number of rotatable bonds is 7. The highest BCUT2D eigenvalue weighted by atomic mass is 15.1.